The van der Waals surface area contributed by atoms with Crippen LogP contribution in [0.15, 0.2) is 41.1 Å². The molecule has 6 nitrogen and oxygen atoms in total. The van der Waals surface area contributed by atoms with Gasteiger partial charge in [-0.25, -0.2) is 0 Å². The van der Waals surface area contributed by atoms with Gasteiger partial charge in [-0.2, -0.15) is 0 Å². The predicted molar refractivity (Wildman–Crippen MR) is 88.8 cm³/mol. The standard InChI is InChI=1S/C18H19N3O3/c22-18(17-10-16(21-24-17)13-4-7-23-8-5-13)20-11-12-1-2-15-14(9-12)3-6-19-15/h1-3,6,9-10,13,19H,4-5,7-8,11H2,(H,20,22). The Hall–Kier alpha value is -2.60. The Morgan fingerprint density at radius 2 is 2.12 bits per heavy atom. The van der Waals surface area contributed by atoms with E-state index in [1.807, 2.05) is 24.4 Å². The average Bonchev–Trinajstić information content (AvgIpc) is 3.29. The highest BCUT2D eigenvalue weighted by Gasteiger charge is 2.21. The Morgan fingerprint density at radius 3 is 3.00 bits per heavy atom. The van der Waals surface area contributed by atoms with Crippen molar-refractivity contribution in [2.45, 2.75) is 25.3 Å². The number of amides is 1. The fraction of sp³-hybridized carbons (Fsp3) is 0.333. The maximum absolute atomic E-state index is 12.3. The van der Waals surface area contributed by atoms with Gasteiger partial charge in [0.25, 0.3) is 5.91 Å². The van der Waals surface area contributed by atoms with Crippen molar-refractivity contribution in [1.82, 2.24) is 15.5 Å². The van der Waals surface area contributed by atoms with Gasteiger partial charge < -0.3 is 19.6 Å². The van der Waals surface area contributed by atoms with E-state index in [1.165, 1.54) is 0 Å². The normalized spacial score (nSPS) is 15.7. The molecule has 2 aromatic heterocycles. The van der Waals surface area contributed by atoms with E-state index >= 15 is 0 Å². The van der Waals surface area contributed by atoms with Crippen LogP contribution in [-0.4, -0.2) is 29.3 Å². The Kier molecular flexibility index (Phi) is 4.04. The number of fused-ring (bicyclic) bond motifs is 1. The summed E-state index contributed by atoms with van der Waals surface area (Å²) in [5.74, 6) is 0.342. The summed E-state index contributed by atoms with van der Waals surface area (Å²) in [5.41, 5.74) is 2.97. The molecule has 0 saturated carbocycles. The second-order valence-corrected chi connectivity index (χ2v) is 6.08. The van der Waals surface area contributed by atoms with Crippen LogP contribution < -0.4 is 5.32 Å². The summed E-state index contributed by atoms with van der Waals surface area (Å²) >= 11 is 0. The molecule has 3 aromatic rings. The van der Waals surface area contributed by atoms with Gasteiger partial charge >= 0.3 is 0 Å². The number of H-pyrrole nitrogens is 1. The SMILES string of the molecule is O=C(NCc1ccc2[nH]ccc2c1)c1cc(C2CCOCC2)no1. The lowest BCUT2D eigenvalue weighted by atomic mass is 9.96. The quantitative estimate of drug-likeness (QED) is 0.773. The van der Waals surface area contributed by atoms with Crippen LogP contribution in [0.4, 0.5) is 0 Å². The third kappa shape index (κ3) is 3.05. The van der Waals surface area contributed by atoms with Gasteiger partial charge in [0.1, 0.15) is 0 Å². The second kappa shape index (κ2) is 6.49. The highest BCUT2D eigenvalue weighted by molar-refractivity contribution is 5.91. The maximum Gasteiger partial charge on any atom is 0.290 e. The van der Waals surface area contributed by atoms with Gasteiger partial charge in [-0.3, -0.25) is 4.79 Å². The number of nitrogens with zero attached hydrogens (tertiary/aromatic N) is 1. The van der Waals surface area contributed by atoms with E-state index in [2.05, 4.69) is 21.5 Å². The molecule has 3 heterocycles. The van der Waals surface area contributed by atoms with E-state index in [0.29, 0.717) is 12.5 Å². The van der Waals surface area contributed by atoms with Crippen LogP contribution in [0.2, 0.25) is 0 Å². The average molecular weight is 325 g/mol. The number of carbonyl (C=O) groups is 1. The van der Waals surface area contributed by atoms with Crippen molar-refractivity contribution in [2.75, 3.05) is 13.2 Å². The topological polar surface area (TPSA) is 80.2 Å². The number of aromatic nitrogens is 2. The number of aromatic amines is 1. The lowest BCUT2D eigenvalue weighted by Crippen LogP contribution is -2.22. The number of hydrogen-bond donors (Lipinski definition) is 2. The molecule has 0 atom stereocenters. The summed E-state index contributed by atoms with van der Waals surface area (Å²) in [4.78, 5) is 15.4. The predicted octanol–water partition coefficient (Wildman–Crippen LogP) is 2.98. The molecule has 1 aliphatic rings. The smallest absolute Gasteiger partial charge is 0.290 e. The molecule has 1 fully saturated rings. The van der Waals surface area contributed by atoms with Gasteiger partial charge in [-0.05, 0) is 42.0 Å². The highest BCUT2D eigenvalue weighted by atomic mass is 16.5. The summed E-state index contributed by atoms with van der Waals surface area (Å²) in [6.45, 7) is 1.93. The van der Waals surface area contributed by atoms with Gasteiger partial charge in [0.05, 0.1) is 5.69 Å². The molecule has 0 bridgehead atoms. The first-order valence-corrected chi connectivity index (χ1v) is 8.18. The third-order valence-corrected chi connectivity index (χ3v) is 4.46. The first-order valence-electron chi connectivity index (χ1n) is 8.18. The third-order valence-electron chi connectivity index (χ3n) is 4.46. The van der Waals surface area contributed by atoms with E-state index in [4.69, 9.17) is 9.26 Å². The summed E-state index contributed by atoms with van der Waals surface area (Å²) in [6, 6.07) is 9.82. The Balaban J connectivity index is 1.39. The summed E-state index contributed by atoms with van der Waals surface area (Å²) in [7, 11) is 0. The molecule has 0 radical (unpaired) electrons. The van der Waals surface area contributed by atoms with Crippen LogP contribution in [0, 0.1) is 0 Å². The van der Waals surface area contributed by atoms with Crippen LogP contribution in [0.25, 0.3) is 10.9 Å². The van der Waals surface area contributed by atoms with Crippen molar-refractivity contribution < 1.29 is 14.1 Å². The summed E-state index contributed by atoms with van der Waals surface area (Å²) in [6.07, 6.45) is 3.74. The van der Waals surface area contributed by atoms with Crippen molar-refractivity contribution in [1.29, 1.82) is 0 Å². The van der Waals surface area contributed by atoms with E-state index in [1.54, 1.807) is 6.07 Å². The lowest BCUT2D eigenvalue weighted by Gasteiger charge is -2.19. The van der Waals surface area contributed by atoms with Crippen LogP contribution in [-0.2, 0) is 11.3 Å². The van der Waals surface area contributed by atoms with Crippen molar-refractivity contribution in [2.24, 2.45) is 0 Å². The van der Waals surface area contributed by atoms with Crippen LogP contribution in [0.1, 0.15) is 40.6 Å². The fourth-order valence-corrected chi connectivity index (χ4v) is 3.06. The van der Waals surface area contributed by atoms with Crippen LogP contribution in [0.5, 0.6) is 0 Å². The van der Waals surface area contributed by atoms with Gasteiger partial charge in [0, 0.05) is 43.5 Å². The highest BCUT2D eigenvalue weighted by Crippen LogP contribution is 2.26. The molecule has 4 rings (SSSR count). The zero-order chi connectivity index (χ0) is 16.4. The molecule has 6 heteroatoms. The number of nitrogens with one attached hydrogen (secondary N) is 2. The Bertz CT molecular complexity index is 846. The van der Waals surface area contributed by atoms with Gasteiger partial charge in [0.15, 0.2) is 0 Å². The van der Waals surface area contributed by atoms with Gasteiger partial charge in [-0.1, -0.05) is 11.2 Å². The zero-order valence-corrected chi connectivity index (χ0v) is 13.2. The first kappa shape index (κ1) is 15.0. The maximum atomic E-state index is 12.3. The number of carbonyl (C=O) groups excluding carboxylic acids is 1. The van der Waals surface area contributed by atoms with Crippen LogP contribution >= 0.6 is 0 Å². The largest absolute Gasteiger partial charge is 0.381 e. The molecule has 2 N–H and O–H groups in total. The summed E-state index contributed by atoms with van der Waals surface area (Å²) < 4.78 is 10.6. The van der Waals surface area contributed by atoms with E-state index in [-0.39, 0.29) is 11.7 Å². The minimum atomic E-state index is -0.241. The van der Waals surface area contributed by atoms with E-state index in [0.717, 1.165) is 48.2 Å². The van der Waals surface area contributed by atoms with E-state index < -0.39 is 0 Å². The van der Waals surface area contributed by atoms with E-state index in [9.17, 15) is 4.79 Å². The molecule has 1 aliphatic heterocycles. The summed E-state index contributed by atoms with van der Waals surface area (Å²) in [5, 5.41) is 8.06. The number of ether oxygens (including phenoxy) is 1. The molecular weight excluding hydrogens is 306 g/mol. The molecule has 1 amide bonds. The Morgan fingerprint density at radius 1 is 1.25 bits per heavy atom. The molecule has 1 saturated heterocycles. The molecule has 1 aromatic carbocycles. The lowest BCUT2D eigenvalue weighted by molar-refractivity contribution is 0.0835. The fourth-order valence-electron chi connectivity index (χ4n) is 3.06. The van der Waals surface area contributed by atoms with Gasteiger partial charge in [0.2, 0.25) is 5.76 Å². The van der Waals surface area contributed by atoms with Crippen molar-refractivity contribution in [3.05, 3.63) is 53.5 Å². The monoisotopic (exact) mass is 325 g/mol. The minimum absolute atomic E-state index is 0.241. The molecule has 24 heavy (non-hydrogen) atoms. The zero-order valence-electron chi connectivity index (χ0n) is 13.2. The molecular formula is C18H19N3O3. The molecule has 0 spiro atoms. The molecule has 124 valence electrons. The van der Waals surface area contributed by atoms with Crippen molar-refractivity contribution >= 4 is 16.8 Å². The van der Waals surface area contributed by atoms with Crippen molar-refractivity contribution in [3.63, 3.8) is 0 Å². The van der Waals surface area contributed by atoms with Crippen LogP contribution in [0.3, 0.4) is 0 Å². The first-order chi connectivity index (χ1) is 11.8. The molecule has 0 aliphatic carbocycles. The van der Waals surface area contributed by atoms with Crippen molar-refractivity contribution in [3.8, 4) is 0 Å². The Labute approximate surface area is 139 Å². The number of hydrogen-bond acceptors (Lipinski definition) is 4. The number of benzene rings is 1. The second-order valence-electron chi connectivity index (χ2n) is 6.08. The number of rotatable bonds is 4. The molecule has 0 unspecified atom stereocenters. The van der Waals surface area contributed by atoms with Gasteiger partial charge in [-0.15, -0.1) is 0 Å². The minimum Gasteiger partial charge on any atom is -0.381 e.